The van der Waals surface area contributed by atoms with Gasteiger partial charge in [-0.3, -0.25) is 0 Å². The molecule has 1 aromatic heterocycles. The summed E-state index contributed by atoms with van der Waals surface area (Å²) in [6.07, 6.45) is 13.1. The van der Waals surface area contributed by atoms with E-state index in [2.05, 4.69) is 117 Å². The van der Waals surface area contributed by atoms with E-state index in [9.17, 15) is 0 Å². The van der Waals surface area contributed by atoms with E-state index in [1.54, 1.807) is 11.1 Å². The van der Waals surface area contributed by atoms with Crippen LogP contribution in [-0.4, -0.2) is 4.57 Å². The molecule has 0 saturated heterocycles. The molecule has 3 aromatic carbocycles. The third kappa shape index (κ3) is 2.60. The second-order valence-electron chi connectivity index (χ2n) is 12.4. The number of aromatic nitrogens is 1. The molecule has 1 heteroatoms. The van der Waals surface area contributed by atoms with Crippen LogP contribution in [0.3, 0.4) is 0 Å². The maximum Gasteiger partial charge on any atom is 0.0578 e. The zero-order chi connectivity index (χ0) is 25.1. The molecule has 2 heterocycles. The average Bonchev–Trinajstić information content (AvgIpc) is 3.37. The van der Waals surface area contributed by atoms with E-state index < -0.39 is 0 Å². The number of rotatable bonds is 1. The van der Waals surface area contributed by atoms with E-state index >= 15 is 0 Å². The number of nitrogens with zero attached hydrogens (tertiary/aromatic N) is 1. The number of benzene rings is 3. The van der Waals surface area contributed by atoms with E-state index in [0.717, 1.165) is 12.8 Å². The van der Waals surface area contributed by atoms with Gasteiger partial charge in [0.15, 0.2) is 0 Å². The second-order valence-corrected chi connectivity index (χ2v) is 12.4. The summed E-state index contributed by atoms with van der Waals surface area (Å²) in [4.78, 5) is 0. The molecule has 8 rings (SSSR count). The van der Waals surface area contributed by atoms with Gasteiger partial charge >= 0.3 is 0 Å². The molecule has 0 bridgehead atoms. The Kier molecular flexibility index (Phi) is 4.09. The van der Waals surface area contributed by atoms with Crippen molar-refractivity contribution < 1.29 is 0 Å². The predicted octanol–water partition coefficient (Wildman–Crippen LogP) is 9.02. The van der Waals surface area contributed by atoms with Crippen molar-refractivity contribution in [3.63, 3.8) is 0 Å². The molecule has 0 saturated carbocycles. The van der Waals surface area contributed by atoms with E-state index in [0.29, 0.717) is 5.92 Å². The smallest absolute Gasteiger partial charge is 0.0578 e. The lowest BCUT2D eigenvalue weighted by molar-refractivity contribution is 0.595. The first-order valence-corrected chi connectivity index (χ1v) is 13.9. The maximum absolute atomic E-state index is 2.55. The molecule has 3 aliphatic carbocycles. The topological polar surface area (TPSA) is 4.93 Å². The minimum Gasteiger partial charge on any atom is -0.309 e. The number of allylic oxidation sites excluding steroid dienone is 5. The molecule has 0 N–H and O–H groups in total. The van der Waals surface area contributed by atoms with Crippen molar-refractivity contribution in [2.75, 3.05) is 0 Å². The molecular weight excluding hydrogens is 446 g/mol. The normalized spacial score (nSPS) is 21.6. The summed E-state index contributed by atoms with van der Waals surface area (Å²) < 4.78 is 2.55. The SMILES string of the molecule is CC1(C)C2=C(C=CCC2)c2cccc(C3C=Cc4c(c5cccc6c5n4-c4ccccc4C6(C)C)C3)c21. The van der Waals surface area contributed by atoms with Crippen LogP contribution in [0.5, 0.6) is 0 Å². The number of fused-ring (bicyclic) bond motifs is 7. The largest absolute Gasteiger partial charge is 0.309 e. The molecule has 0 radical (unpaired) electrons. The molecule has 1 unspecified atom stereocenters. The zero-order valence-electron chi connectivity index (χ0n) is 22.2. The molecule has 182 valence electrons. The van der Waals surface area contributed by atoms with Crippen molar-refractivity contribution in [3.8, 4) is 5.69 Å². The summed E-state index contributed by atoms with van der Waals surface area (Å²) in [5.74, 6) is 0.388. The molecular formula is C36H33N. The Bertz CT molecular complexity index is 1750. The maximum atomic E-state index is 2.55. The first-order valence-electron chi connectivity index (χ1n) is 13.9. The predicted molar refractivity (Wildman–Crippen MR) is 156 cm³/mol. The van der Waals surface area contributed by atoms with Gasteiger partial charge in [-0.1, -0.05) is 106 Å². The van der Waals surface area contributed by atoms with Gasteiger partial charge in [0.05, 0.1) is 11.2 Å². The summed E-state index contributed by atoms with van der Waals surface area (Å²) in [6, 6.07) is 23.0. The quantitative estimate of drug-likeness (QED) is 0.257. The van der Waals surface area contributed by atoms with Gasteiger partial charge in [-0.25, -0.2) is 0 Å². The number of hydrogen-bond acceptors (Lipinski definition) is 0. The van der Waals surface area contributed by atoms with Crippen LogP contribution in [0.4, 0.5) is 0 Å². The molecule has 37 heavy (non-hydrogen) atoms. The molecule has 4 aromatic rings. The van der Waals surface area contributed by atoms with Gasteiger partial charge in [-0.05, 0) is 70.4 Å². The van der Waals surface area contributed by atoms with Gasteiger partial charge < -0.3 is 4.57 Å². The third-order valence-corrected chi connectivity index (χ3v) is 9.87. The fraction of sp³-hybridized carbons (Fsp3) is 0.278. The molecule has 1 nitrogen and oxygen atoms in total. The molecule has 1 aliphatic heterocycles. The van der Waals surface area contributed by atoms with E-state index in [4.69, 9.17) is 0 Å². The van der Waals surface area contributed by atoms with Crippen molar-refractivity contribution in [2.45, 2.75) is 63.7 Å². The van der Waals surface area contributed by atoms with Crippen molar-refractivity contribution >= 4 is 22.6 Å². The third-order valence-electron chi connectivity index (χ3n) is 9.87. The van der Waals surface area contributed by atoms with Gasteiger partial charge in [0.25, 0.3) is 0 Å². The van der Waals surface area contributed by atoms with Crippen LogP contribution in [0.15, 0.2) is 84.5 Å². The van der Waals surface area contributed by atoms with Crippen LogP contribution in [0.25, 0.3) is 28.2 Å². The second kappa shape index (κ2) is 7.04. The standard InChI is InChI=1S/C36H33N/c1-35(2)29-16-7-8-18-32(29)37-31-20-19-22(21-27(31)26-14-10-17-30(35)34(26)37)23-12-9-13-25-24-11-5-6-15-28(24)36(3,4)33(23)25/h5,7-14,16-20,22H,6,15,21H2,1-4H3. The highest BCUT2D eigenvalue weighted by atomic mass is 15.0. The lowest BCUT2D eigenvalue weighted by Crippen LogP contribution is -2.26. The van der Waals surface area contributed by atoms with Gasteiger partial charge in [0, 0.05) is 27.8 Å². The minimum absolute atomic E-state index is 0.0152. The lowest BCUT2D eigenvalue weighted by Gasteiger charge is -2.35. The zero-order valence-corrected chi connectivity index (χ0v) is 22.2. The summed E-state index contributed by atoms with van der Waals surface area (Å²) in [6.45, 7) is 9.67. The van der Waals surface area contributed by atoms with Crippen LogP contribution >= 0.6 is 0 Å². The van der Waals surface area contributed by atoms with Gasteiger partial charge in [-0.15, -0.1) is 0 Å². The van der Waals surface area contributed by atoms with E-state index in [1.807, 2.05) is 0 Å². The van der Waals surface area contributed by atoms with Crippen LogP contribution in [-0.2, 0) is 17.3 Å². The fourth-order valence-corrected chi connectivity index (χ4v) is 8.13. The van der Waals surface area contributed by atoms with Crippen LogP contribution < -0.4 is 0 Å². The van der Waals surface area contributed by atoms with Crippen LogP contribution in [0.2, 0.25) is 0 Å². The number of para-hydroxylation sites is 2. The monoisotopic (exact) mass is 479 g/mol. The highest BCUT2D eigenvalue weighted by molar-refractivity contribution is 5.96. The molecule has 0 fully saturated rings. The molecule has 0 amide bonds. The van der Waals surface area contributed by atoms with E-state index in [-0.39, 0.29) is 10.8 Å². The minimum atomic E-state index is -0.0152. The number of hydrogen-bond donors (Lipinski definition) is 0. The highest BCUT2D eigenvalue weighted by Crippen LogP contribution is 2.54. The summed E-state index contributed by atoms with van der Waals surface area (Å²) in [5.41, 5.74) is 16.2. The Morgan fingerprint density at radius 2 is 1.62 bits per heavy atom. The molecule has 4 aliphatic rings. The summed E-state index contributed by atoms with van der Waals surface area (Å²) in [7, 11) is 0. The van der Waals surface area contributed by atoms with Crippen molar-refractivity contribution in [2.24, 2.45) is 0 Å². The van der Waals surface area contributed by atoms with E-state index in [1.165, 1.54) is 62.1 Å². The summed E-state index contributed by atoms with van der Waals surface area (Å²) >= 11 is 0. The Morgan fingerprint density at radius 3 is 2.51 bits per heavy atom. The van der Waals surface area contributed by atoms with Gasteiger partial charge in [0.2, 0.25) is 0 Å². The Morgan fingerprint density at radius 1 is 0.811 bits per heavy atom. The van der Waals surface area contributed by atoms with Crippen molar-refractivity contribution in [1.82, 2.24) is 4.57 Å². The van der Waals surface area contributed by atoms with Crippen LogP contribution in [0, 0.1) is 0 Å². The highest BCUT2D eigenvalue weighted by Gasteiger charge is 2.41. The first kappa shape index (κ1) is 21.5. The molecule has 0 spiro atoms. The Hall–Kier alpha value is -3.58. The lowest BCUT2D eigenvalue weighted by atomic mass is 9.73. The van der Waals surface area contributed by atoms with Gasteiger partial charge in [0.1, 0.15) is 0 Å². The molecule has 1 atom stereocenters. The van der Waals surface area contributed by atoms with Gasteiger partial charge in [-0.2, -0.15) is 0 Å². The van der Waals surface area contributed by atoms with Crippen molar-refractivity contribution in [3.05, 3.63) is 124 Å². The fourth-order valence-electron chi connectivity index (χ4n) is 8.13. The van der Waals surface area contributed by atoms with Crippen LogP contribution in [0.1, 0.15) is 85.5 Å². The summed E-state index contributed by atoms with van der Waals surface area (Å²) in [5, 5.41) is 1.43. The first-order chi connectivity index (χ1) is 17.9. The average molecular weight is 480 g/mol. The Balaban J connectivity index is 1.33. The van der Waals surface area contributed by atoms with Crippen molar-refractivity contribution in [1.29, 1.82) is 0 Å². The Labute approximate surface area is 219 Å².